The van der Waals surface area contributed by atoms with Crippen molar-refractivity contribution in [2.24, 2.45) is 0 Å². The van der Waals surface area contributed by atoms with E-state index in [1.54, 1.807) is 6.92 Å². The maximum absolute atomic E-state index is 12.6. The molecule has 0 spiro atoms. The number of hydrogen-bond donors (Lipinski definition) is 2. The fraction of sp³-hybridized carbons (Fsp3) is 0.133. The molecule has 0 saturated carbocycles. The fourth-order valence-corrected chi connectivity index (χ4v) is 3.18. The van der Waals surface area contributed by atoms with Crippen LogP contribution in [-0.2, 0) is 14.8 Å². The van der Waals surface area contributed by atoms with Gasteiger partial charge >= 0.3 is 11.7 Å². The minimum absolute atomic E-state index is 0.0119. The molecule has 1 aromatic carbocycles. The maximum atomic E-state index is 12.6. The first kappa shape index (κ1) is 16.7. The molecule has 25 heavy (non-hydrogen) atoms. The summed E-state index contributed by atoms with van der Waals surface area (Å²) in [5.41, 5.74) is 0.454. The number of aromatic nitrogens is 2. The van der Waals surface area contributed by atoms with Crippen molar-refractivity contribution in [1.29, 1.82) is 0 Å². The molecule has 0 fully saturated rings. The lowest BCUT2D eigenvalue weighted by Crippen LogP contribution is -2.17. The highest BCUT2D eigenvalue weighted by Crippen LogP contribution is 2.21. The van der Waals surface area contributed by atoms with Crippen LogP contribution in [0.1, 0.15) is 17.3 Å². The van der Waals surface area contributed by atoms with E-state index >= 15 is 0 Å². The number of sulfonamides is 1. The summed E-state index contributed by atoms with van der Waals surface area (Å²) in [5.74, 6) is -1.54. The molecule has 2 heterocycles. The minimum atomic E-state index is -4.06. The standard InChI is InChI=1S/C15H13N3O6S/c1-2-23-14(19)10-4-3-7-16-13(10)18-25(21,22)9-5-6-11-12(8-9)24-15(20)17-11/h3-8H,2H2,1H3,(H,16,18)(H,17,20). The Morgan fingerprint density at radius 1 is 1.36 bits per heavy atom. The Morgan fingerprint density at radius 2 is 2.16 bits per heavy atom. The zero-order valence-corrected chi connectivity index (χ0v) is 13.8. The van der Waals surface area contributed by atoms with Crippen LogP contribution in [0.25, 0.3) is 11.1 Å². The molecule has 3 aromatic rings. The first-order chi connectivity index (χ1) is 11.9. The highest BCUT2D eigenvalue weighted by atomic mass is 32.2. The summed E-state index contributed by atoms with van der Waals surface area (Å²) in [5, 5.41) is 0. The number of nitrogens with one attached hydrogen (secondary N) is 2. The molecule has 10 heteroatoms. The molecule has 9 nitrogen and oxygen atoms in total. The van der Waals surface area contributed by atoms with Crippen LogP contribution in [0.15, 0.2) is 50.6 Å². The second-order valence-electron chi connectivity index (χ2n) is 4.90. The SMILES string of the molecule is CCOC(=O)c1cccnc1NS(=O)(=O)c1ccc2[nH]c(=O)oc2c1. The molecule has 0 saturated heterocycles. The first-order valence-electron chi connectivity index (χ1n) is 7.18. The molecule has 0 atom stereocenters. The fourth-order valence-electron chi connectivity index (χ4n) is 2.14. The van der Waals surface area contributed by atoms with Crippen LogP contribution >= 0.6 is 0 Å². The number of benzene rings is 1. The second-order valence-corrected chi connectivity index (χ2v) is 6.58. The normalized spacial score (nSPS) is 11.4. The molecule has 0 amide bonds. The third kappa shape index (κ3) is 3.38. The number of carbonyl (C=O) groups excluding carboxylic acids is 1. The molecular weight excluding hydrogens is 350 g/mol. The van der Waals surface area contributed by atoms with Crippen LogP contribution in [-0.4, -0.2) is 31.0 Å². The van der Waals surface area contributed by atoms with E-state index < -0.39 is 21.7 Å². The number of pyridine rings is 1. The number of esters is 1. The molecule has 3 rings (SSSR count). The van der Waals surface area contributed by atoms with E-state index in [1.165, 1.54) is 36.5 Å². The lowest BCUT2D eigenvalue weighted by molar-refractivity contribution is 0.0527. The van der Waals surface area contributed by atoms with Gasteiger partial charge in [0.05, 0.1) is 17.0 Å². The summed E-state index contributed by atoms with van der Waals surface area (Å²) in [6.45, 7) is 1.78. The number of rotatable bonds is 5. The zero-order chi connectivity index (χ0) is 18.0. The average Bonchev–Trinajstić information content (AvgIpc) is 2.94. The number of anilines is 1. The van der Waals surface area contributed by atoms with E-state index in [0.29, 0.717) is 5.52 Å². The maximum Gasteiger partial charge on any atom is 0.417 e. The van der Waals surface area contributed by atoms with Gasteiger partial charge in [-0.2, -0.15) is 0 Å². The van der Waals surface area contributed by atoms with E-state index in [2.05, 4.69) is 14.7 Å². The van der Waals surface area contributed by atoms with E-state index in [9.17, 15) is 18.0 Å². The Balaban J connectivity index is 1.98. The predicted octanol–water partition coefficient (Wildman–Crippen LogP) is 1.49. The van der Waals surface area contributed by atoms with E-state index in [1.807, 2.05) is 0 Å². The quantitative estimate of drug-likeness (QED) is 0.656. The van der Waals surface area contributed by atoms with Crippen molar-refractivity contribution in [2.45, 2.75) is 11.8 Å². The van der Waals surface area contributed by atoms with Crippen molar-refractivity contribution in [1.82, 2.24) is 9.97 Å². The lowest BCUT2D eigenvalue weighted by atomic mass is 10.2. The van der Waals surface area contributed by atoms with Crippen LogP contribution < -0.4 is 10.5 Å². The minimum Gasteiger partial charge on any atom is -0.462 e. The number of H-pyrrole nitrogens is 1. The molecule has 0 aliphatic rings. The number of oxazole rings is 1. The van der Waals surface area contributed by atoms with E-state index in [4.69, 9.17) is 9.15 Å². The molecular formula is C15H13N3O6S. The first-order valence-corrected chi connectivity index (χ1v) is 8.67. The number of nitrogens with zero attached hydrogens (tertiary/aromatic N) is 1. The van der Waals surface area contributed by atoms with Gasteiger partial charge in [0.2, 0.25) is 0 Å². The summed E-state index contributed by atoms with van der Waals surface area (Å²) >= 11 is 0. The summed E-state index contributed by atoms with van der Waals surface area (Å²) in [7, 11) is -4.06. The molecule has 0 aliphatic carbocycles. The third-order valence-electron chi connectivity index (χ3n) is 3.24. The van der Waals surface area contributed by atoms with Gasteiger partial charge in [-0.15, -0.1) is 0 Å². The van der Waals surface area contributed by atoms with Crippen molar-refractivity contribution in [3.05, 3.63) is 52.6 Å². The third-order valence-corrected chi connectivity index (χ3v) is 4.57. The van der Waals surface area contributed by atoms with Gasteiger partial charge in [0.1, 0.15) is 5.56 Å². The second kappa shape index (κ2) is 6.40. The Morgan fingerprint density at radius 3 is 2.92 bits per heavy atom. The van der Waals surface area contributed by atoms with Crippen molar-refractivity contribution in [3.8, 4) is 0 Å². The molecule has 2 aromatic heterocycles. The Bertz CT molecular complexity index is 1100. The van der Waals surface area contributed by atoms with Gasteiger partial charge in [-0.25, -0.2) is 23.0 Å². The van der Waals surface area contributed by atoms with Gasteiger partial charge in [0, 0.05) is 12.3 Å². The topological polar surface area (TPSA) is 131 Å². The number of fused-ring (bicyclic) bond motifs is 1. The molecule has 0 bridgehead atoms. The van der Waals surface area contributed by atoms with Crippen LogP contribution in [0.2, 0.25) is 0 Å². The average molecular weight is 363 g/mol. The molecule has 2 N–H and O–H groups in total. The number of aromatic amines is 1. The predicted molar refractivity (Wildman–Crippen MR) is 87.8 cm³/mol. The highest BCUT2D eigenvalue weighted by Gasteiger charge is 2.21. The van der Waals surface area contributed by atoms with Crippen LogP contribution in [0, 0.1) is 0 Å². The van der Waals surface area contributed by atoms with Gasteiger partial charge in [0.15, 0.2) is 11.4 Å². The smallest absolute Gasteiger partial charge is 0.417 e. The van der Waals surface area contributed by atoms with Gasteiger partial charge in [-0.05, 0) is 31.2 Å². The molecule has 130 valence electrons. The summed E-state index contributed by atoms with van der Waals surface area (Å²) in [6.07, 6.45) is 1.34. The number of carbonyl (C=O) groups is 1. The highest BCUT2D eigenvalue weighted by molar-refractivity contribution is 7.92. The van der Waals surface area contributed by atoms with Crippen molar-refractivity contribution < 1.29 is 22.4 Å². The van der Waals surface area contributed by atoms with E-state index in [-0.39, 0.29) is 28.5 Å². The molecule has 0 unspecified atom stereocenters. The largest absolute Gasteiger partial charge is 0.462 e. The van der Waals surface area contributed by atoms with Crippen LogP contribution in [0.3, 0.4) is 0 Å². The zero-order valence-electron chi connectivity index (χ0n) is 13.0. The van der Waals surface area contributed by atoms with Crippen LogP contribution in [0.5, 0.6) is 0 Å². The number of hydrogen-bond acceptors (Lipinski definition) is 7. The van der Waals surface area contributed by atoms with Crippen molar-refractivity contribution in [2.75, 3.05) is 11.3 Å². The van der Waals surface area contributed by atoms with Gasteiger partial charge in [-0.1, -0.05) is 0 Å². The Kier molecular flexibility index (Phi) is 4.28. The molecule has 0 aliphatic heterocycles. The van der Waals surface area contributed by atoms with Crippen molar-refractivity contribution >= 4 is 32.9 Å². The van der Waals surface area contributed by atoms with E-state index in [0.717, 1.165) is 0 Å². The Hall–Kier alpha value is -3.14. The van der Waals surface area contributed by atoms with Gasteiger partial charge in [-0.3, -0.25) is 9.71 Å². The van der Waals surface area contributed by atoms with Gasteiger partial charge in [0.25, 0.3) is 10.0 Å². The monoisotopic (exact) mass is 363 g/mol. The molecule has 0 radical (unpaired) electrons. The van der Waals surface area contributed by atoms with Crippen molar-refractivity contribution in [3.63, 3.8) is 0 Å². The van der Waals surface area contributed by atoms with Crippen LogP contribution in [0.4, 0.5) is 5.82 Å². The summed E-state index contributed by atoms with van der Waals surface area (Å²) in [4.78, 5) is 29.2. The lowest BCUT2D eigenvalue weighted by Gasteiger charge is -2.10. The summed E-state index contributed by atoms with van der Waals surface area (Å²) < 4.78 is 37.1. The number of ether oxygens (including phenoxy) is 1. The van der Waals surface area contributed by atoms with Gasteiger partial charge < -0.3 is 9.15 Å². The Labute approximate surface area is 141 Å². The summed E-state index contributed by atoms with van der Waals surface area (Å²) in [6, 6.07) is 6.78.